The van der Waals surface area contributed by atoms with Crippen molar-refractivity contribution in [3.8, 4) is 22.9 Å². The third-order valence-corrected chi connectivity index (χ3v) is 4.96. The van der Waals surface area contributed by atoms with E-state index in [1.807, 2.05) is 66.9 Å². The second-order valence-electron chi connectivity index (χ2n) is 6.12. The quantitative estimate of drug-likeness (QED) is 0.393. The molecular formula is C22H20N4O2S. The Morgan fingerprint density at radius 3 is 2.72 bits per heavy atom. The van der Waals surface area contributed by atoms with Crippen LogP contribution in [0.4, 0.5) is 0 Å². The Hall–Kier alpha value is -3.45. The summed E-state index contributed by atoms with van der Waals surface area (Å²) < 4.78 is 13.3. The van der Waals surface area contributed by atoms with Gasteiger partial charge < -0.3 is 9.47 Å². The zero-order valence-corrected chi connectivity index (χ0v) is 16.7. The molecule has 0 amide bonds. The van der Waals surface area contributed by atoms with Gasteiger partial charge in [-0.1, -0.05) is 36.4 Å². The number of aromatic nitrogens is 3. The molecule has 4 rings (SSSR count). The Bertz CT molecular complexity index is 1080. The highest BCUT2D eigenvalue weighted by molar-refractivity contribution is 7.09. The van der Waals surface area contributed by atoms with Crippen molar-refractivity contribution in [2.24, 2.45) is 5.10 Å². The number of ether oxygens (including phenoxy) is 2. The second kappa shape index (κ2) is 9.16. The smallest absolute Gasteiger partial charge is 0.184 e. The topological polar surface area (TPSA) is 61.5 Å². The van der Waals surface area contributed by atoms with Crippen molar-refractivity contribution in [3.63, 3.8) is 0 Å². The van der Waals surface area contributed by atoms with E-state index in [0.29, 0.717) is 30.5 Å². The van der Waals surface area contributed by atoms with Crippen molar-refractivity contribution < 1.29 is 9.47 Å². The van der Waals surface area contributed by atoms with Crippen LogP contribution >= 0.6 is 11.3 Å². The van der Waals surface area contributed by atoms with Crippen LogP contribution in [0.25, 0.3) is 11.4 Å². The molecule has 4 aromatic rings. The van der Waals surface area contributed by atoms with Crippen LogP contribution in [0.3, 0.4) is 0 Å². The summed E-state index contributed by atoms with van der Waals surface area (Å²) in [6.45, 7) is 3.03. The van der Waals surface area contributed by atoms with E-state index in [4.69, 9.17) is 9.47 Å². The van der Waals surface area contributed by atoms with Gasteiger partial charge in [-0.2, -0.15) is 9.78 Å². The molecule has 0 aliphatic carbocycles. The van der Waals surface area contributed by atoms with E-state index in [2.05, 4.69) is 21.4 Å². The fraction of sp³-hybridized carbons (Fsp3) is 0.136. The number of nitrogens with zero attached hydrogens (tertiary/aromatic N) is 4. The molecule has 6 nitrogen and oxygen atoms in total. The minimum absolute atomic E-state index is 0.520. The van der Waals surface area contributed by atoms with Gasteiger partial charge in [0.05, 0.1) is 12.8 Å². The molecule has 0 bridgehead atoms. The molecule has 0 fully saturated rings. The highest BCUT2D eigenvalue weighted by atomic mass is 32.1. The molecule has 0 radical (unpaired) electrons. The van der Waals surface area contributed by atoms with E-state index in [1.54, 1.807) is 28.6 Å². The number of hydrogen-bond acceptors (Lipinski definition) is 6. The molecule has 0 aliphatic rings. The average Bonchev–Trinajstić information content (AvgIpc) is 3.44. The van der Waals surface area contributed by atoms with E-state index < -0.39 is 0 Å². The summed E-state index contributed by atoms with van der Waals surface area (Å²) in [5, 5.41) is 14.7. The Kier molecular flexibility index (Phi) is 5.97. The maximum Gasteiger partial charge on any atom is 0.184 e. The molecule has 0 saturated heterocycles. The maximum absolute atomic E-state index is 5.93. The minimum atomic E-state index is 0.520. The zero-order valence-electron chi connectivity index (χ0n) is 15.9. The summed E-state index contributed by atoms with van der Waals surface area (Å²) in [7, 11) is 0. The highest BCUT2D eigenvalue weighted by Gasteiger charge is 2.08. The van der Waals surface area contributed by atoms with Crippen molar-refractivity contribution in [1.29, 1.82) is 0 Å². The maximum atomic E-state index is 5.93. The Morgan fingerprint density at radius 1 is 1.03 bits per heavy atom. The molecule has 2 heterocycles. The molecule has 0 spiro atoms. The fourth-order valence-corrected chi connectivity index (χ4v) is 3.37. The van der Waals surface area contributed by atoms with Gasteiger partial charge in [-0.3, -0.25) is 0 Å². The molecule has 0 saturated carbocycles. The molecule has 2 aromatic heterocycles. The van der Waals surface area contributed by atoms with Crippen LogP contribution in [0.15, 0.2) is 77.5 Å². The van der Waals surface area contributed by atoms with Gasteiger partial charge in [0.2, 0.25) is 0 Å². The zero-order chi connectivity index (χ0) is 19.9. The van der Waals surface area contributed by atoms with Gasteiger partial charge in [0, 0.05) is 10.4 Å². The van der Waals surface area contributed by atoms with Crippen LogP contribution in [0.1, 0.15) is 17.4 Å². The van der Waals surface area contributed by atoms with E-state index in [1.165, 1.54) is 4.88 Å². The monoisotopic (exact) mass is 404 g/mol. The van der Waals surface area contributed by atoms with Crippen molar-refractivity contribution in [2.45, 2.75) is 13.5 Å². The highest BCUT2D eigenvalue weighted by Crippen LogP contribution is 2.29. The Morgan fingerprint density at radius 2 is 1.93 bits per heavy atom. The number of thiophene rings is 1. The van der Waals surface area contributed by atoms with E-state index in [9.17, 15) is 0 Å². The van der Waals surface area contributed by atoms with Gasteiger partial charge in [-0.05, 0) is 42.1 Å². The van der Waals surface area contributed by atoms with Gasteiger partial charge in [0.15, 0.2) is 17.3 Å². The first-order valence-electron chi connectivity index (χ1n) is 9.25. The third-order valence-electron chi connectivity index (χ3n) is 4.11. The van der Waals surface area contributed by atoms with E-state index in [0.717, 1.165) is 11.1 Å². The first kappa shape index (κ1) is 18.9. The van der Waals surface area contributed by atoms with Crippen LogP contribution in [0.2, 0.25) is 0 Å². The summed E-state index contributed by atoms with van der Waals surface area (Å²) in [5.41, 5.74) is 1.85. The third kappa shape index (κ3) is 4.70. The summed E-state index contributed by atoms with van der Waals surface area (Å²) in [6, 6.07) is 19.7. The summed E-state index contributed by atoms with van der Waals surface area (Å²) in [6.07, 6.45) is 3.34. The lowest BCUT2D eigenvalue weighted by Gasteiger charge is -2.12. The number of rotatable bonds is 8. The Balaban J connectivity index is 1.53. The summed E-state index contributed by atoms with van der Waals surface area (Å²) in [5.74, 6) is 2.09. The van der Waals surface area contributed by atoms with E-state index in [-0.39, 0.29) is 0 Å². The lowest BCUT2D eigenvalue weighted by atomic mass is 10.2. The molecule has 0 unspecified atom stereocenters. The van der Waals surface area contributed by atoms with Crippen LogP contribution in [-0.2, 0) is 6.61 Å². The number of hydrogen-bond donors (Lipinski definition) is 0. The SMILES string of the molecule is CCOc1cc(/C=N\n2cnnc2-c2ccccc2)ccc1OCc1cccs1. The predicted octanol–water partition coefficient (Wildman–Crippen LogP) is 4.87. The van der Waals surface area contributed by atoms with Crippen LogP contribution in [-0.4, -0.2) is 27.7 Å². The van der Waals surface area contributed by atoms with Gasteiger partial charge >= 0.3 is 0 Å². The van der Waals surface area contributed by atoms with Crippen molar-refractivity contribution >= 4 is 17.6 Å². The first-order valence-corrected chi connectivity index (χ1v) is 10.1. The fourth-order valence-electron chi connectivity index (χ4n) is 2.76. The molecular weight excluding hydrogens is 384 g/mol. The van der Waals surface area contributed by atoms with Gasteiger partial charge in [-0.15, -0.1) is 21.5 Å². The standard InChI is InChI=1S/C22H20N4O2S/c1-2-27-21-13-17(10-11-20(21)28-15-19-9-6-12-29-19)14-24-26-16-23-25-22(26)18-7-4-3-5-8-18/h3-14,16H,2,15H2,1H3/b24-14-. The van der Waals surface area contributed by atoms with Gasteiger partial charge in [0.1, 0.15) is 12.9 Å². The van der Waals surface area contributed by atoms with Gasteiger partial charge in [-0.25, -0.2) is 0 Å². The normalized spacial score (nSPS) is 11.1. The summed E-state index contributed by atoms with van der Waals surface area (Å²) in [4.78, 5) is 1.17. The first-order chi connectivity index (χ1) is 14.3. The van der Waals surface area contributed by atoms with Crippen LogP contribution in [0.5, 0.6) is 11.5 Å². The largest absolute Gasteiger partial charge is 0.490 e. The van der Waals surface area contributed by atoms with Gasteiger partial charge in [0.25, 0.3) is 0 Å². The lowest BCUT2D eigenvalue weighted by Crippen LogP contribution is -2.00. The number of benzene rings is 2. The Labute approximate surface area is 173 Å². The lowest BCUT2D eigenvalue weighted by molar-refractivity contribution is 0.271. The van der Waals surface area contributed by atoms with Crippen LogP contribution < -0.4 is 9.47 Å². The van der Waals surface area contributed by atoms with E-state index >= 15 is 0 Å². The molecule has 0 atom stereocenters. The summed E-state index contributed by atoms with van der Waals surface area (Å²) >= 11 is 1.67. The molecule has 7 heteroatoms. The van der Waals surface area contributed by atoms with Crippen LogP contribution in [0, 0.1) is 0 Å². The molecule has 29 heavy (non-hydrogen) atoms. The van der Waals surface area contributed by atoms with Crippen molar-refractivity contribution in [1.82, 2.24) is 14.9 Å². The minimum Gasteiger partial charge on any atom is -0.490 e. The predicted molar refractivity (Wildman–Crippen MR) is 115 cm³/mol. The molecule has 0 N–H and O–H groups in total. The molecule has 146 valence electrons. The second-order valence-corrected chi connectivity index (χ2v) is 7.15. The van der Waals surface area contributed by atoms with Crippen molar-refractivity contribution in [2.75, 3.05) is 6.61 Å². The average molecular weight is 404 g/mol. The van der Waals surface area contributed by atoms with Crippen molar-refractivity contribution in [3.05, 3.63) is 82.8 Å². The molecule has 2 aromatic carbocycles. The molecule has 0 aliphatic heterocycles.